The molecule has 1 aliphatic rings. The van der Waals surface area contributed by atoms with Gasteiger partial charge in [0.05, 0.1) is 23.3 Å². The highest BCUT2D eigenvalue weighted by atomic mass is 35.5. The second-order valence-electron chi connectivity index (χ2n) is 4.09. The van der Waals surface area contributed by atoms with Gasteiger partial charge >= 0.3 is 0 Å². The minimum absolute atomic E-state index is 0.00804. The molecule has 1 saturated heterocycles. The van der Waals surface area contributed by atoms with Crippen LogP contribution in [0.3, 0.4) is 0 Å². The molecule has 0 aromatic heterocycles. The van der Waals surface area contributed by atoms with E-state index in [-0.39, 0.29) is 11.8 Å². The van der Waals surface area contributed by atoms with Crippen LogP contribution >= 0.6 is 11.6 Å². The van der Waals surface area contributed by atoms with Crippen LogP contribution in [0.1, 0.15) is 30.4 Å². The van der Waals surface area contributed by atoms with Gasteiger partial charge in [-0.2, -0.15) is 5.26 Å². The normalized spacial score (nSPS) is 18.3. The predicted molar refractivity (Wildman–Crippen MR) is 67.7 cm³/mol. The van der Waals surface area contributed by atoms with Gasteiger partial charge < -0.3 is 10.1 Å². The zero-order chi connectivity index (χ0) is 13.1. The molecule has 1 unspecified atom stereocenters. The van der Waals surface area contributed by atoms with Crippen LogP contribution in [0, 0.1) is 11.3 Å². The third kappa shape index (κ3) is 2.27. The summed E-state index contributed by atoms with van der Waals surface area (Å²) in [6.45, 7) is 2.85. The van der Waals surface area contributed by atoms with E-state index in [1.165, 1.54) is 0 Å². The van der Waals surface area contributed by atoms with Crippen molar-refractivity contribution in [3.05, 3.63) is 28.3 Å². The Hall–Kier alpha value is -1.73. The van der Waals surface area contributed by atoms with Crippen LogP contribution < -0.4 is 10.1 Å². The summed E-state index contributed by atoms with van der Waals surface area (Å²) >= 11 is 6.11. The van der Waals surface area contributed by atoms with Crippen LogP contribution in [0.15, 0.2) is 12.1 Å². The summed E-state index contributed by atoms with van der Waals surface area (Å²) in [5.74, 6) is 0.471. The molecule has 1 heterocycles. The van der Waals surface area contributed by atoms with Gasteiger partial charge in [0, 0.05) is 24.4 Å². The number of carbonyl (C=O) groups is 1. The molecular formula is C13H13ClN2O2. The van der Waals surface area contributed by atoms with E-state index in [1.807, 2.05) is 6.92 Å². The van der Waals surface area contributed by atoms with Crippen LogP contribution in [0.4, 0.5) is 0 Å². The van der Waals surface area contributed by atoms with Gasteiger partial charge in [0.25, 0.3) is 0 Å². The summed E-state index contributed by atoms with van der Waals surface area (Å²) in [6.07, 6.45) is 0.370. The Morgan fingerprint density at radius 1 is 1.61 bits per heavy atom. The van der Waals surface area contributed by atoms with Gasteiger partial charge in [-0.15, -0.1) is 0 Å². The molecule has 18 heavy (non-hydrogen) atoms. The molecule has 94 valence electrons. The monoisotopic (exact) mass is 264 g/mol. The van der Waals surface area contributed by atoms with Gasteiger partial charge in [-0.3, -0.25) is 4.79 Å². The van der Waals surface area contributed by atoms with E-state index in [2.05, 4.69) is 11.4 Å². The Balaban J connectivity index is 2.51. The van der Waals surface area contributed by atoms with Crippen molar-refractivity contribution < 1.29 is 9.53 Å². The van der Waals surface area contributed by atoms with Crippen molar-refractivity contribution in [2.75, 3.05) is 13.2 Å². The standard InChI is InChI=1S/C13H13ClN2O2/c1-2-18-13-10(14)4-3-8(6-15)12(13)9-5-11(17)16-7-9/h3-4,9H,2,5,7H2,1H3,(H,16,17). The molecule has 0 saturated carbocycles. The molecule has 1 aliphatic heterocycles. The highest BCUT2D eigenvalue weighted by Crippen LogP contribution is 2.38. The fourth-order valence-electron chi connectivity index (χ4n) is 2.18. The number of hydrogen-bond acceptors (Lipinski definition) is 3. The van der Waals surface area contributed by atoms with Gasteiger partial charge in [-0.25, -0.2) is 0 Å². The van der Waals surface area contributed by atoms with E-state index >= 15 is 0 Å². The fourth-order valence-corrected chi connectivity index (χ4v) is 2.40. The van der Waals surface area contributed by atoms with E-state index < -0.39 is 0 Å². The molecule has 1 aromatic carbocycles. The van der Waals surface area contributed by atoms with E-state index in [4.69, 9.17) is 16.3 Å². The first-order chi connectivity index (χ1) is 8.67. The maximum atomic E-state index is 11.3. The number of amides is 1. The van der Waals surface area contributed by atoms with Gasteiger partial charge in [0.1, 0.15) is 5.75 Å². The number of rotatable bonds is 3. The molecule has 4 nitrogen and oxygen atoms in total. The van der Waals surface area contributed by atoms with Crippen molar-refractivity contribution in [2.24, 2.45) is 0 Å². The Labute approximate surface area is 111 Å². The van der Waals surface area contributed by atoms with Crippen molar-refractivity contribution in [1.82, 2.24) is 5.32 Å². The highest BCUT2D eigenvalue weighted by molar-refractivity contribution is 6.32. The SMILES string of the molecule is CCOc1c(Cl)ccc(C#N)c1C1CNC(=O)C1. The second kappa shape index (κ2) is 5.28. The molecule has 5 heteroatoms. The fraction of sp³-hybridized carbons (Fsp3) is 0.385. The van der Waals surface area contributed by atoms with E-state index in [9.17, 15) is 10.1 Å². The Morgan fingerprint density at radius 3 is 2.94 bits per heavy atom. The molecule has 1 aromatic rings. The van der Waals surface area contributed by atoms with Crippen molar-refractivity contribution in [3.8, 4) is 11.8 Å². The van der Waals surface area contributed by atoms with Crippen LogP contribution in [0.2, 0.25) is 5.02 Å². The number of nitriles is 1. The lowest BCUT2D eigenvalue weighted by atomic mass is 9.93. The van der Waals surface area contributed by atoms with E-state index in [0.717, 1.165) is 5.56 Å². The number of carbonyl (C=O) groups excluding carboxylic acids is 1. The van der Waals surface area contributed by atoms with Gasteiger partial charge in [0.2, 0.25) is 5.91 Å². The van der Waals surface area contributed by atoms with Crippen LogP contribution in [-0.2, 0) is 4.79 Å². The van der Waals surface area contributed by atoms with Crippen molar-refractivity contribution >= 4 is 17.5 Å². The molecule has 2 rings (SSSR count). The van der Waals surface area contributed by atoms with Crippen molar-refractivity contribution in [3.63, 3.8) is 0 Å². The molecule has 0 bridgehead atoms. The first kappa shape index (κ1) is 12.7. The molecule has 0 aliphatic carbocycles. The molecule has 1 fully saturated rings. The predicted octanol–water partition coefficient (Wildman–Crippen LogP) is 2.21. The first-order valence-electron chi connectivity index (χ1n) is 5.79. The van der Waals surface area contributed by atoms with Gasteiger partial charge in [0.15, 0.2) is 0 Å². The van der Waals surface area contributed by atoms with E-state index in [1.54, 1.807) is 12.1 Å². The summed E-state index contributed by atoms with van der Waals surface area (Å²) < 4.78 is 5.54. The van der Waals surface area contributed by atoms with Crippen LogP contribution in [-0.4, -0.2) is 19.1 Å². The lowest BCUT2D eigenvalue weighted by Gasteiger charge is -2.17. The second-order valence-corrected chi connectivity index (χ2v) is 4.49. The van der Waals surface area contributed by atoms with E-state index in [0.29, 0.717) is 35.9 Å². The topological polar surface area (TPSA) is 62.1 Å². The maximum Gasteiger partial charge on any atom is 0.220 e. The molecule has 1 amide bonds. The van der Waals surface area contributed by atoms with Crippen molar-refractivity contribution in [1.29, 1.82) is 5.26 Å². The lowest BCUT2D eigenvalue weighted by Crippen LogP contribution is -2.14. The smallest absolute Gasteiger partial charge is 0.220 e. The summed E-state index contributed by atoms with van der Waals surface area (Å²) in [4.78, 5) is 11.3. The number of hydrogen-bond donors (Lipinski definition) is 1. The van der Waals surface area contributed by atoms with Crippen LogP contribution in [0.25, 0.3) is 0 Å². The average molecular weight is 265 g/mol. The molecule has 1 N–H and O–H groups in total. The summed E-state index contributed by atoms with van der Waals surface area (Å²) in [6, 6.07) is 5.46. The summed E-state index contributed by atoms with van der Waals surface area (Å²) in [5, 5.41) is 12.4. The minimum Gasteiger partial charge on any atom is -0.492 e. The average Bonchev–Trinajstić information content (AvgIpc) is 2.78. The number of benzene rings is 1. The summed E-state index contributed by atoms with van der Waals surface area (Å²) in [5.41, 5.74) is 1.26. The Bertz CT molecular complexity index is 522. The maximum absolute atomic E-state index is 11.3. The quantitative estimate of drug-likeness (QED) is 0.910. The lowest BCUT2D eigenvalue weighted by molar-refractivity contribution is -0.119. The number of nitrogens with one attached hydrogen (secondary N) is 1. The largest absolute Gasteiger partial charge is 0.492 e. The van der Waals surface area contributed by atoms with Gasteiger partial charge in [-0.1, -0.05) is 11.6 Å². The third-order valence-corrected chi connectivity index (χ3v) is 3.24. The molecular weight excluding hydrogens is 252 g/mol. The molecule has 1 atom stereocenters. The zero-order valence-electron chi connectivity index (χ0n) is 10.00. The first-order valence-corrected chi connectivity index (χ1v) is 6.17. The minimum atomic E-state index is -0.0487. The molecule has 0 radical (unpaired) electrons. The highest BCUT2D eigenvalue weighted by Gasteiger charge is 2.29. The number of ether oxygens (including phenoxy) is 1. The van der Waals surface area contributed by atoms with Gasteiger partial charge in [-0.05, 0) is 19.1 Å². The third-order valence-electron chi connectivity index (χ3n) is 2.94. The van der Waals surface area contributed by atoms with Crippen LogP contribution in [0.5, 0.6) is 5.75 Å². The zero-order valence-corrected chi connectivity index (χ0v) is 10.8. The summed E-state index contributed by atoms with van der Waals surface area (Å²) in [7, 11) is 0. The number of nitrogens with zero attached hydrogens (tertiary/aromatic N) is 1. The number of halogens is 1. The Kier molecular flexibility index (Phi) is 3.73. The molecule has 0 spiro atoms. The Morgan fingerprint density at radius 2 is 2.39 bits per heavy atom. The van der Waals surface area contributed by atoms with Crippen molar-refractivity contribution in [2.45, 2.75) is 19.3 Å².